The van der Waals surface area contributed by atoms with E-state index < -0.39 is 10.8 Å². The number of hydrogen-bond acceptors (Lipinski definition) is 7. The minimum Gasteiger partial charge on any atom is -0.493 e. The van der Waals surface area contributed by atoms with Crippen molar-refractivity contribution in [2.45, 2.75) is 13.3 Å². The van der Waals surface area contributed by atoms with Crippen LogP contribution < -0.4 is 19.7 Å². The molecule has 1 aliphatic rings. The molecule has 1 N–H and O–H groups in total. The lowest BCUT2D eigenvalue weighted by molar-refractivity contribution is -0.385. The van der Waals surface area contributed by atoms with Gasteiger partial charge in [0.1, 0.15) is 5.56 Å². The van der Waals surface area contributed by atoms with Crippen LogP contribution in [0.15, 0.2) is 42.5 Å². The number of amides is 1. The zero-order valence-electron chi connectivity index (χ0n) is 18.6. The number of carbonyl (C=O) groups is 1. The van der Waals surface area contributed by atoms with Crippen molar-refractivity contribution in [3.05, 3.63) is 58.1 Å². The molecular formula is C23H30N4O5. The summed E-state index contributed by atoms with van der Waals surface area (Å²) < 4.78 is 10.6. The Morgan fingerprint density at radius 3 is 2.47 bits per heavy atom. The number of ether oxygens (including phenoxy) is 2. The lowest BCUT2D eigenvalue weighted by Crippen LogP contribution is -2.47. The predicted octanol–water partition coefficient (Wildman–Crippen LogP) is 2.94. The third-order valence-corrected chi connectivity index (χ3v) is 5.45. The van der Waals surface area contributed by atoms with Crippen LogP contribution in [0.25, 0.3) is 0 Å². The van der Waals surface area contributed by atoms with Gasteiger partial charge in [-0.05, 0) is 32.0 Å². The molecule has 0 unspecified atom stereocenters. The van der Waals surface area contributed by atoms with Crippen LogP contribution in [0.1, 0.15) is 23.7 Å². The van der Waals surface area contributed by atoms with E-state index in [4.69, 9.17) is 9.47 Å². The molecule has 32 heavy (non-hydrogen) atoms. The van der Waals surface area contributed by atoms with E-state index in [9.17, 15) is 14.9 Å². The lowest BCUT2D eigenvalue weighted by atomic mass is 10.1. The van der Waals surface area contributed by atoms with Gasteiger partial charge in [0.2, 0.25) is 0 Å². The summed E-state index contributed by atoms with van der Waals surface area (Å²) in [6.07, 6.45) is 0.763. The molecule has 0 spiro atoms. The van der Waals surface area contributed by atoms with Gasteiger partial charge in [0.25, 0.3) is 11.6 Å². The van der Waals surface area contributed by atoms with Gasteiger partial charge in [0.05, 0.1) is 24.7 Å². The fourth-order valence-corrected chi connectivity index (χ4v) is 3.78. The standard InChI is InChI=1S/C23H30N4O5/c1-3-32-22-17-20(27(29)30)19(16-21(22)31-2)23(28)24-10-7-11-25-12-14-26(15-13-25)18-8-5-4-6-9-18/h4-6,8-9,16-17H,3,7,10-15H2,1-2H3,(H,24,28). The second kappa shape index (κ2) is 11.3. The van der Waals surface area contributed by atoms with Crippen LogP contribution in [0, 0.1) is 10.1 Å². The summed E-state index contributed by atoms with van der Waals surface area (Å²) in [5.41, 5.74) is 0.905. The molecule has 9 heteroatoms. The van der Waals surface area contributed by atoms with E-state index in [0.29, 0.717) is 18.9 Å². The molecule has 0 aromatic heterocycles. The van der Waals surface area contributed by atoms with Crippen molar-refractivity contribution in [3.63, 3.8) is 0 Å². The highest BCUT2D eigenvalue weighted by molar-refractivity contribution is 5.99. The highest BCUT2D eigenvalue weighted by Crippen LogP contribution is 2.34. The fourth-order valence-electron chi connectivity index (χ4n) is 3.78. The maximum absolute atomic E-state index is 12.6. The van der Waals surface area contributed by atoms with E-state index in [1.807, 2.05) is 6.07 Å². The molecule has 2 aromatic rings. The van der Waals surface area contributed by atoms with E-state index in [-0.39, 0.29) is 17.0 Å². The minimum absolute atomic E-state index is 0.0354. The van der Waals surface area contributed by atoms with Gasteiger partial charge in [0.15, 0.2) is 11.5 Å². The van der Waals surface area contributed by atoms with E-state index in [1.165, 1.54) is 24.9 Å². The van der Waals surface area contributed by atoms with Crippen molar-refractivity contribution in [3.8, 4) is 11.5 Å². The molecule has 1 amide bonds. The number of nitro groups is 1. The number of methoxy groups -OCH3 is 1. The van der Waals surface area contributed by atoms with Gasteiger partial charge >= 0.3 is 0 Å². The monoisotopic (exact) mass is 442 g/mol. The number of piperazine rings is 1. The molecule has 0 bridgehead atoms. The predicted molar refractivity (Wildman–Crippen MR) is 123 cm³/mol. The highest BCUT2D eigenvalue weighted by Gasteiger charge is 2.24. The molecule has 0 radical (unpaired) electrons. The van der Waals surface area contributed by atoms with E-state index in [0.717, 1.165) is 39.1 Å². The van der Waals surface area contributed by atoms with Crippen molar-refractivity contribution in [2.75, 3.05) is 57.9 Å². The van der Waals surface area contributed by atoms with Gasteiger partial charge in [-0.25, -0.2) is 0 Å². The zero-order valence-corrected chi connectivity index (χ0v) is 18.6. The van der Waals surface area contributed by atoms with Crippen molar-refractivity contribution < 1.29 is 19.2 Å². The Hall–Kier alpha value is -3.33. The first kappa shape index (κ1) is 23.3. The summed E-state index contributed by atoms with van der Waals surface area (Å²) in [6, 6.07) is 13.0. The maximum atomic E-state index is 12.6. The molecule has 1 saturated heterocycles. The van der Waals surface area contributed by atoms with Crippen molar-refractivity contribution in [2.24, 2.45) is 0 Å². The molecule has 0 atom stereocenters. The Kier molecular flexibility index (Phi) is 8.27. The van der Waals surface area contributed by atoms with E-state index in [2.05, 4.69) is 39.4 Å². The van der Waals surface area contributed by atoms with Gasteiger partial charge in [-0.2, -0.15) is 0 Å². The van der Waals surface area contributed by atoms with E-state index in [1.54, 1.807) is 6.92 Å². The van der Waals surface area contributed by atoms with Gasteiger partial charge in [-0.15, -0.1) is 0 Å². The number of benzene rings is 2. The van der Waals surface area contributed by atoms with E-state index >= 15 is 0 Å². The topological polar surface area (TPSA) is 97.2 Å². The van der Waals surface area contributed by atoms with Crippen LogP contribution >= 0.6 is 0 Å². The first-order valence-electron chi connectivity index (χ1n) is 10.8. The van der Waals surface area contributed by atoms with Crippen LogP contribution in [-0.4, -0.2) is 68.7 Å². The molecule has 0 aliphatic carbocycles. The smallest absolute Gasteiger partial charge is 0.286 e. The Morgan fingerprint density at radius 1 is 1.12 bits per heavy atom. The SMILES string of the molecule is CCOc1cc([N+](=O)[O-])c(C(=O)NCCCN2CCN(c3ccccc3)CC2)cc1OC. The van der Waals surface area contributed by atoms with Gasteiger partial charge in [-0.1, -0.05) is 18.2 Å². The number of nitro benzene ring substituents is 1. The third kappa shape index (κ3) is 5.88. The summed E-state index contributed by atoms with van der Waals surface area (Å²) in [4.78, 5) is 28.3. The fraction of sp³-hybridized carbons (Fsp3) is 0.435. The van der Waals surface area contributed by atoms with Gasteiger partial charge in [-0.3, -0.25) is 19.8 Å². The molecule has 1 aliphatic heterocycles. The van der Waals surface area contributed by atoms with Crippen molar-refractivity contribution in [1.82, 2.24) is 10.2 Å². The van der Waals surface area contributed by atoms with Gasteiger partial charge < -0.3 is 19.7 Å². The number of hydrogen-bond donors (Lipinski definition) is 1. The average Bonchev–Trinajstić information content (AvgIpc) is 2.82. The molecule has 3 rings (SSSR count). The minimum atomic E-state index is -0.580. The zero-order chi connectivity index (χ0) is 22.9. The first-order valence-corrected chi connectivity index (χ1v) is 10.8. The molecule has 9 nitrogen and oxygen atoms in total. The molecule has 1 fully saturated rings. The number of rotatable bonds is 10. The molecule has 172 valence electrons. The molecule has 0 saturated carbocycles. The largest absolute Gasteiger partial charge is 0.493 e. The average molecular weight is 443 g/mol. The third-order valence-electron chi connectivity index (χ3n) is 5.45. The summed E-state index contributed by atoms with van der Waals surface area (Å²) in [7, 11) is 1.43. The maximum Gasteiger partial charge on any atom is 0.286 e. The van der Waals surface area contributed by atoms with Crippen LogP contribution in [0.2, 0.25) is 0 Å². The number of anilines is 1. The second-order valence-electron chi connectivity index (χ2n) is 7.48. The second-order valence-corrected chi connectivity index (χ2v) is 7.48. The van der Waals surface area contributed by atoms with Crippen molar-refractivity contribution in [1.29, 1.82) is 0 Å². The first-order chi connectivity index (χ1) is 15.5. The quantitative estimate of drug-likeness (QED) is 0.343. The summed E-state index contributed by atoms with van der Waals surface area (Å²) in [5, 5.41) is 14.3. The van der Waals surface area contributed by atoms with Crippen LogP contribution in [0.3, 0.4) is 0 Å². The Morgan fingerprint density at radius 2 is 1.84 bits per heavy atom. The normalized spacial score (nSPS) is 14.1. The van der Waals surface area contributed by atoms with Crippen LogP contribution in [0.5, 0.6) is 11.5 Å². The molecule has 1 heterocycles. The Balaban J connectivity index is 1.49. The van der Waals surface area contributed by atoms with Crippen molar-refractivity contribution >= 4 is 17.3 Å². The number of nitrogens with zero attached hydrogens (tertiary/aromatic N) is 3. The Labute approximate surface area is 188 Å². The van der Waals surface area contributed by atoms with Crippen LogP contribution in [0.4, 0.5) is 11.4 Å². The summed E-state index contributed by atoms with van der Waals surface area (Å²) in [6.45, 7) is 7.26. The number of nitrogens with one attached hydrogen (secondary N) is 1. The molecule has 2 aromatic carbocycles. The highest BCUT2D eigenvalue weighted by atomic mass is 16.6. The Bertz CT molecular complexity index is 914. The summed E-state index contributed by atoms with van der Waals surface area (Å²) in [5.74, 6) is 0.0405. The summed E-state index contributed by atoms with van der Waals surface area (Å²) >= 11 is 0. The number of para-hydroxylation sites is 1. The number of carbonyl (C=O) groups excluding carboxylic acids is 1. The van der Waals surface area contributed by atoms with Crippen LogP contribution in [-0.2, 0) is 0 Å². The lowest BCUT2D eigenvalue weighted by Gasteiger charge is -2.36. The van der Waals surface area contributed by atoms with Gasteiger partial charge in [0, 0.05) is 44.5 Å². The molecular weight excluding hydrogens is 412 g/mol.